The topological polar surface area (TPSA) is 45.2 Å². The second-order valence-corrected chi connectivity index (χ2v) is 8.39. The minimum atomic E-state index is -2.74. The van der Waals surface area contributed by atoms with E-state index in [9.17, 15) is 13.6 Å². The quantitative estimate of drug-likeness (QED) is 0.418. The maximum absolute atomic E-state index is 13.8. The van der Waals surface area contributed by atoms with Gasteiger partial charge in [-0.2, -0.15) is 0 Å². The Morgan fingerprint density at radius 3 is 2.69 bits per heavy atom. The highest BCUT2D eigenvalue weighted by Gasteiger charge is 2.28. The first kappa shape index (κ1) is 23.6. The minimum absolute atomic E-state index is 0.119. The van der Waals surface area contributed by atoms with Crippen molar-refractivity contribution in [3.8, 4) is 0 Å². The molecular weight excluding hydrogens is 460 g/mol. The number of hydrogen-bond donors (Lipinski definition) is 1. The number of anilines is 2. The number of nitrogens with zero attached hydrogens (tertiary/aromatic N) is 2. The zero-order valence-electron chi connectivity index (χ0n) is 17.1. The normalized spacial score (nSPS) is 11.4. The lowest BCUT2D eigenvalue weighted by molar-refractivity contribution is -0.00921. The second kappa shape index (κ2) is 10.4. The van der Waals surface area contributed by atoms with Crippen LogP contribution >= 0.6 is 27.7 Å². The van der Waals surface area contributed by atoms with Crippen molar-refractivity contribution in [2.24, 2.45) is 0 Å². The van der Waals surface area contributed by atoms with Gasteiger partial charge in [0.05, 0.1) is 5.56 Å². The minimum Gasteiger partial charge on any atom is -0.356 e. The van der Waals surface area contributed by atoms with Gasteiger partial charge in [0, 0.05) is 47.2 Å². The van der Waals surface area contributed by atoms with E-state index in [0.29, 0.717) is 33.6 Å². The lowest BCUT2D eigenvalue weighted by Gasteiger charge is -2.27. The maximum atomic E-state index is 13.8. The summed E-state index contributed by atoms with van der Waals surface area (Å²) in [6, 6.07) is 7.55. The molecule has 0 saturated carbocycles. The Morgan fingerprint density at radius 1 is 1.34 bits per heavy atom. The number of amides is 1. The number of aromatic nitrogens is 1. The highest BCUT2D eigenvalue weighted by Crippen LogP contribution is 2.30. The molecule has 1 aromatic heterocycles. The molecule has 0 aliphatic heterocycles. The third-order valence-corrected chi connectivity index (χ3v) is 6.28. The highest BCUT2D eigenvalue weighted by atomic mass is 79.9. The lowest BCUT2D eigenvalue weighted by atomic mass is 10.1. The van der Waals surface area contributed by atoms with Crippen LogP contribution in [0.1, 0.15) is 42.6 Å². The molecule has 2 aromatic rings. The molecule has 1 aromatic carbocycles. The Balaban J connectivity index is 2.36. The van der Waals surface area contributed by atoms with Crippen LogP contribution in [0, 0.1) is 6.92 Å². The summed E-state index contributed by atoms with van der Waals surface area (Å²) in [5, 5.41) is 2.92. The molecule has 4 nitrogen and oxygen atoms in total. The number of benzene rings is 1. The van der Waals surface area contributed by atoms with Crippen molar-refractivity contribution in [3.63, 3.8) is 0 Å². The predicted molar refractivity (Wildman–Crippen MR) is 121 cm³/mol. The van der Waals surface area contributed by atoms with E-state index in [4.69, 9.17) is 0 Å². The average Bonchev–Trinajstić information content (AvgIpc) is 2.71. The van der Waals surface area contributed by atoms with Gasteiger partial charge < -0.3 is 10.2 Å². The molecule has 1 amide bonds. The van der Waals surface area contributed by atoms with Gasteiger partial charge in [0.25, 0.3) is 5.91 Å². The fraction of sp³-hybridized carbons (Fsp3) is 0.429. The zero-order chi connectivity index (χ0) is 21.6. The van der Waals surface area contributed by atoms with Crippen LogP contribution in [0.3, 0.4) is 0 Å². The van der Waals surface area contributed by atoms with Crippen LogP contribution in [-0.4, -0.2) is 36.2 Å². The third kappa shape index (κ3) is 6.15. The number of alkyl halides is 2. The van der Waals surface area contributed by atoms with Crippen LogP contribution < -0.4 is 10.2 Å². The zero-order valence-corrected chi connectivity index (χ0v) is 19.5. The van der Waals surface area contributed by atoms with Crippen molar-refractivity contribution in [1.29, 1.82) is 0 Å². The van der Waals surface area contributed by atoms with Gasteiger partial charge in [0.1, 0.15) is 5.82 Å². The summed E-state index contributed by atoms with van der Waals surface area (Å²) in [5.74, 6) is -2.64. The van der Waals surface area contributed by atoms with Crippen molar-refractivity contribution < 1.29 is 13.6 Å². The monoisotopic (exact) mass is 485 g/mol. The van der Waals surface area contributed by atoms with E-state index < -0.39 is 5.92 Å². The first-order valence-electron chi connectivity index (χ1n) is 9.45. The van der Waals surface area contributed by atoms with Gasteiger partial charge in [0.2, 0.25) is 5.92 Å². The third-order valence-electron chi connectivity index (χ3n) is 4.76. The van der Waals surface area contributed by atoms with Crippen LogP contribution in [0.15, 0.2) is 39.8 Å². The van der Waals surface area contributed by atoms with E-state index in [-0.39, 0.29) is 25.3 Å². The summed E-state index contributed by atoms with van der Waals surface area (Å²) in [5.41, 5.74) is 1.78. The summed E-state index contributed by atoms with van der Waals surface area (Å²) in [7, 11) is 0. The highest BCUT2D eigenvalue weighted by molar-refractivity contribution is 9.10. The van der Waals surface area contributed by atoms with Gasteiger partial charge >= 0.3 is 0 Å². The molecule has 29 heavy (non-hydrogen) atoms. The summed E-state index contributed by atoms with van der Waals surface area (Å²) in [6.45, 7) is 5.74. The number of nitrogens with one attached hydrogen (secondary N) is 1. The van der Waals surface area contributed by atoms with Gasteiger partial charge in [-0.25, -0.2) is 13.8 Å². The number of carbonyl (C=O) groups excluding carboxylic acids is 1. The smallest absolute Gasteiger partial charge is 0.259 e. The predicted octanol–water partition coefficient (Wildman–Crippen LogP) is 6.39. The summed E-state index contributed by atoms with van der Waals surface area (Å²) in [4.78, 5) is 20.3. The van der Waals surface area contributed by atoms with E-state index in [1.54, 1.807) is 22.9 Å². The molecule has 0 aliphatic rings. The summed E-state index contributed by atoms with van der Waals surface area (Å²) in [6.07, 6.45) is 3.07. The van der Waals surface area contributed by atoms with Gasteiger partial charge in [-0.15, -0.1) is 11.8 Å². The Bertz CT molecular complexity index is 864. The number of hydrogen-bond acceptors (Lipinski definition) is 4. The Labute approximate surface area is 183 Å². The molecule has 0 spiro atoms. The second-order valence-electron chi connectivity index (χ2n) is 6.65. The molecule has 1 N–H and O–H groups in total. The molecule has 0 atom stereocenters. The molecule has 158 valence electrons. The van der Waals surface area contributed by atoms with Crippen molar-refractivity contribution in [1.82, 2.24) is 4.98 Å². The molecular formula is C21H26BrF2N3OS. The number of thioether (sulfide) groups is 1. The van der Waals surface area contributed by atoms with Crippen LogP contribution in [0.25, 0.3) is 0 Å². The van der Waals surface area contributed by atoms with E-state index in [0.717, 1.165) is 4.90 Å². The average molecular weight is 486 g/mol. The van der Waals surface area contributed by atoms with Gasteiger partial charge in [-0.3, -0.25) is 4.79 Å². The molecule has 0 unspecified atom stereocenters. The first-order chi connectivity index (χ1) is 13.7. The molecule has 0 fully saturated rings. The fourth-order valence-corrected chi connectivity index (χ4v) is 3.62. The largest absolute Gasteiger partial charge is 0.356 e. The van der Waals surface area contributed by atoms with Gasteiger partial charge in [-0.1, -0.05) is 13.0 Å². The molecule has 0 bridgehead atoms. The Hall–Kier alpha value is -1.67. The van der Waals surface area contributed by atoms with E-state index in [2.05, 4.69) is 26.2 Å². The molecule has 1 heterocycles. The van der Waals surface area contributed by atoms with E-state index in [1.165, 1.54) is 6.92 Å². The molecule has 2 rings (SSSR count). The van der Waals surface area contributed by atoms with Crippen molar-refractivity contribution in [2.75, 3.05) is 29.6 Å². The summed E-state index contributed by atoms with van der Waals surface area (Å²) >= 11 is 5.01. The number of halogens is 3. The fourth-order valence-electron chi connectivity index (χ4n) is 2.86. The van der Waals surface area contributed by atoms with E-state index >= 15 is 0 Å². The molecule has 0 saturated heterocycles. The summed E-state index contributed by atoms with van der Waals surface area (Å²) < 4.78 is 28.3. The van der Waals surface area contributed by atoms with Gasteiger partial charge in [0.15, 0.2) is 0 Å². The van der Waals surface area contributed by atoms with Gasteiger partial charge in [-0.05, 0) is 59.8 Å². The number of carbonyl (C=O) groups is 1. The standard InChI is InChI=1S/C21H26BrF2N3OS/c1-5-21(23,24)10-11-27(6-2)19-18(14(3)17(22)13-25-19)20(28)26-15-8-7-9-16(12-15)29-4/h7-9,12-13H,5-6,10-11H2,1-4H3,(H,26,28). The van der Waals surface area contributed by atoms with Crippen LogP contribution in [0.2, 0.25) is 0 Å². The Kier molecular flexibility index (Phi) is 8.46. The SMILES string of the molecule is CCN(CCC(F)(F)CC)c1ncc(Br)c(C)c1C(=O)Nc1cccc(SC)c1. The van der Waals surface area contributed by atoms with Crippen molar-refractivity contribution in [2.45, 2.75) is 44.4 Å². The molecule has 0 radical (unpaired) electrons. The number of rotatable bonds is 9. The van der Waals surface area contributed by atoms with Crippen LogP contribution in [-0.2, 0) is 0 Å². The number of pyridine rings is 1. The van der Waals surface area contributed by atoms with Crippen molar-refractivity contribution >= 4 is 45.1 Å². The lowest BCUT2D eigenvalue weighted by Crippen LogP contribution is -2.32. The van der Waals surface area contributed by atoms with Crippen LogP contribution in [0.5, 0.6) is 0 Å². The molecule has 8 heteroatoms. The van der Waals surface area contributed by atoms with Crippen molar-refractivity contribution in [3.05, 3.63) is 46.1 Å². The van der Waals surface area contributed by atoms with Crippen LogP contribution in [0.4, 0.5) is 20.3 Å². The Morgan fingerprint density at radius 2 is 2.07 bits per heavy atom. The van der Waals surface area contributed by atoms with E-state index in [1.807, 2.05) is 44.4 Å². The maximum Gasteiger partial charge on any atom is 0.259 e. The molecule has 0 aliphatic carbocycles. The first-order valence-corrected chi connectivity index (χ1v) is 11.5.